The first-order valence-electron chi connectivity index (χ1n) is 9.27. The smallest absolute Gasteiger partial charge is 0.251 e. The van der Waals surface area contributed by atoms with Gasteiger partial charge >= 0.3 is 0 Å². The molecule has 1 fully saturated rings. The fourth-order valence-electron chi connectivity index (χ4n) is 3.40. The van der Waals surface area contributed by atoms with Crippen LogP contribution in [0.5, 0.6) is 0 Å². The topological polar surface area (TPSA) is 32.3 Å². The van der Waals surface area contributed by atoms with Crippen LogP contribution in [-0.4, -0.2) is 23.9 Å². The van der Waals surface area contributed by atoms with E-state index in [0.29, 0.717) is 6.54 Å². The molecular formula is C22H28N2O. The van der Waals surface area contributed by atoms with E-state index in [1.807, 2.05) is 32.0 Å². The molecule has 1 N–H and O–H groups in total. The van der Waals surface area contributed by atoms with Crippen LogP contribution >= 0.6 is 0 Å². The average Bonchev–Trinajstić information content (AvgIpc) is 2.64. The standard InChI is InChI=1S/C22H28N2O/c1-17-6-7-18(2)21(14-17)22(25)23-15-19-8-10-20(11-9-19)16-24-12-4-3-5-13-24/h6-11,14H,3-5,12-13,15-16H2,1-2H3,(H,23,25). The number of nitrogens with one attached hydrogen (secondary N) is 1. The molecular weight excluding hydrogens is 308 g/mol. The summed E-state index contributed by atoms with van der Waals surface area (Å²) >= 11 is 0. The third-order valence-corrected chi connectivity index (χ3v) is 4.97. The molecule has 1 aliphatic heterocycles. The number of hydrogen-bond acceptors (Lipinski definition) is 2. The summed E-state index contributed by atoms with van der Waals surface area (Å²) in [6, 6.07) is 14.6. The van der Waals surface area contributed by atoms with Crippen LogP contribution in [-0.2, 0) is 13.1 Å². The van der Waals surface area contributed by atoms with E-state index in [1.165, 1.54) is 37.9 Å². The lowest BCUT2D eigenvalue weighted by Gasteiger charge is -2.26. The van der Waals surface area contributed by atoms with Crippen LogP contribution in [0.2, 0.25) is 0 Å². The molecule has 1 amide bonds. The predicted molar refractivity (Wildman–Crippen MR) is 103 cm³/mol. The number of carbonyl (C=O) groups excluding carboxylic acids is 1. The van der Waals surface area contributed by atoms with Crippen molar-refractivity contribution >= 4 is 5.91 Å². The molecule has 0 saturated carbocycles. The zero-order valence-electron chi connectivity index (χ0n) is 15.3. The summed E-state index contributed by atoms with van der Waals surface area (Å²) in [4.78, 5) is 14.9. The Kier molecular flexibility index (Phi) is 5.87. The third-order valence-electron chi connectivity index (χ3n) is 4.97. The number of aryl methyl sites for hydroxylation is 2. The minimum atomic E-state index is -0.00130. The number of piperidine rings is 1. The lowest BCUT2D eigenvalue weighted by atomic mass is 10.0. The molecule has 1 heterocycles. The minimum Gasteiger partial charge on any atom is -0.348 e. The summed E-state index contributed by atoms with van der Waals surface area (Å²) in [5.41, 5.74) is 5.38. The van der Waals surface area contributed by atoms with Crippen molar-refractivity contribution in [2.45, 2.75) is 46.2 Å². The van der Waals surface area contributed by atoms with Crippen molar-refractivity contribution in [3.05, 3.63) is 70.3 Å². The Bertz CT molecular complexity index is 715. The predicted octanol–water partition coefficient (Wildman–Crippen LogP) is 4.22. The van der Waals surface area contributed by atoms with Crippen molar-refractivity contribution < 1.29 is 4.79 Å². The molecule has 1 saturated heterocycles. The first-order valence-corrected chi connectivity index (χ1v) is 9.27. The minimum absolute atomic E-state index is 0.00130. The Morgan fingerprint density at radius 3 is 2.36 bits per heavy atom. The van der Waals surface area contributed by atoms with E-state index in [9.17, 15) is 4.79 Å². The van der Waals surface area contributed by atoms with Crippen LogP contribution in [0.1, 0.15) is 51.9 Å². The molecule has 132 valence electrons. The maximum Gasteiger partial charge on any atom is 0.251 e. The first-order chi connectivity index (χ1) is 12.1. The molecule has 2 aromatic carbocycles. The number of benzene rings is 2. The second-order valence-corrected chi connectivity index (χ2v) is 7.15. The largest absolute Gasteiger partial charge is 0.348 e. The highest BCUT2D eigenvalue weighted by Gasteiger charge is 2.11. The summed E-state index contributed by atoms with van der Waals surface area (Å²) in [5, 5.41) is 3.03. The second kappa shape index (κ2) is 8.30. The van der Waals surface area contributed by atoms with Gasteiger partial charge in [0.15, 0.2) is 0 Å². The molecule has 0 aliphatic carbocycles. The van der Waals surface area contributed by atoms with Gasteiger partial charge in [-0.05, 0) is 62.5 Å². The van der Waals surface area contributed by atoms with E-state index in [1.54, 1.807) is 0 Å². The van der Waals surface area contributed by atoms with Crippen molar-refractivity contribution in [3.63, 3.8) is 0 Å². The molecule has 1 aliphatic rings. The van der Waals surface area contributed by atoms with E-state index < -0.39 is 0 Å². The maximum absolute atomic E-state index is 12.4. The highest BCUT2D eigenvalue weighted by molar-refractivity contribution is 5.95. The van der Waals surface area contributed by atoms with Gasteiger partial charge < -0.3 is 5.32 Å². The molecule has 0 aromatic heterocycles. The van der Waals surface area contributed by atoms with Crippen molar-refractivity contribution in [2.24, 2.45) is 0 Å². The van der Waals surface area contributed by atoms with Crippen LogP contribution in [0.4, 0.5) is 0 Å². The molecule has 3 nitrogen and oxygen atoms in total. The van der Waals surface area contributed by atoms with Crippen LogP contribution in [0.15, 0.2) is 42.5 Å². The zero-order chi connectivity index (χ0) is 17.6. The summed E-state index contributed by atoms with van der Waals surface area (Å²) < 4.78 is 0. The zero-order valence-corrected chi connectivity index (χ0v) is 15.3. The normalized spacial score (nSPS) is 15.1. The van der Waals surface area contributed by atoms with Gasteiger partial charge in [-0.2, -0.15) is 0 Å². The average molecular weight is 336 g/mol. The maximum atomic E-state index is 12.4. The summed E-state index contributed by atoms with van der Waals surface area (Å²) in [5.74, 6) is -0.00130. The Hall–Kier alpha value is -2.13. The van der Waals surface area contributed by atoms with Crippen LogP contribution in [0.3, 0.4) is 0 Å². The summed E-state index contributed by atoms with van der Waals surface area (Å²) in [6.45, 7) is 8.02. The van der Waals surface area contributed by atoms with E-state index >= 15 is 0 Å². The highest BCUT2D eigenvalue weighted by atomic mass is 16.1. The Morgan fingerprint density at radius 1 is 0.960 bits per heavy atom. The van der Waals surface area contributed by atoms with Gasteiger partial charge in [0.05, 0.1) is 0 Å². The van der Waals surface area contributed by atoms with Crippen LogP contribution in [0.25, 0.3) is 0 Å². The fourth-order valence-corrected chi connectivity index (χ4v) is 3.40. The monoisotopic (exact) mass is 336 g/mol. The van der Waals surface area contributed by atoms with Crippen molar-refractivity contribution in [1.82, 2.24) is 10.2 Å². The second-order valence-electron chi connectivity index (χ2n) is 7.15. The SMILES string of the molecule is Cc1ccc(C)c(C(=O)NCc2ccc(CN3CCCCC3)cc2)c1. The molecule has 0 radical (unpaired) electrons. The molecule has 2 aromatic rings. The van der Waals surface area contributed by atoms with Gasteiger partial charge in [-0.25, -0.2) is 0 Å². The van der Waals surface area contributed by atoms with Crippen LogP contribution in [0, 0.1) is 13.8 Å². The lowest BCUT2D eigenvalue weighted by molar-refractivity contribution is 0.0950. The van der Waals surface area contributed by atoms with E-state index in [-0.39, 0.29) is 5.91 Å². The first kappa shape index (κ1) is 17.7. The Labute approximate surface area is 151 Å². The van der Waals surface area contributed by atoms with Crippen molar-refractivity contribution in [2.75, 3.05) is 13.1 Å². The van der Waals surface area contributed by atoms with E-state index in [4.69, 9.17) is 0 Å². The van der Waals surface area contributed by atoms with Crippen LogP contribution < -0.4 is 5.32 Å². The number of rotatable bonds is 5. The third kappa shape index (κ3) is 4.93. The van der Waals surface area contributed by atoms with Crippen molar-refractivity contribution in [3.8, 4) is 0 Å². The fraction of sp³-hybridized carbons (Fsp3) is 0.409. The molecule has 0 bridgehead atoms. The Balaban J connectivity index is 1.54. The van der Waals surface area contributed by atoms with E-state index in [2.05, 4.69) is 34.5 Å². The summed E-state index contributed by atoms with van der Waals surface area (Å²) in [6.07, 6.45) is 4.01. The van der Waals surface area contributed by atoms with Gasteiger partial charge in [0.1, 0.15) is 0 Å². The van der Waals surface area contributed by atoms with Gasteiger partial charge in [-0.15, -0.1) is 0 Å². The number of likely N-dealkylation sites (tertiary alicyclic amines) is 1. The number of hydrogen-bond donors (Lipinski definition) is 1. The quantitative estimate of drug-likeness (QED) is 0.886. The molecule has 0 unspecified atom stereocenters. The van der Waals surface area contributed by atoms with Gasteiger partial charge in [0.2, 0.25) is 0 Å². The molecule has 3 heteroatoms. The number of carbonyl (C=O) groups is 1. The summed E-state index contributed by atoms with van der Waals surface area (Å²) in [7, 11) is 0. The van der Waals surface area contributed by atoms with Gasteiger partial charge in [-0.1, -0.05) is 48.4 Å². The number of amides is 1. The molecule has 25 heavy (non-hydrogen) atoms. The van der Waals surface area contributed by atoms with Gasteiger partial charge in [0.25, 0.3) is 5.91 Å². The van der Waals surface area contributed by atoms with Crippen molar-refractivity contribution in [1.29, 1.82) is 0 Å². The van der Waals surface area contributed by atoms with E-state index in [0.717, 1.165) is 28.8 Å². The Morgan fingerprint density at radius 2 is 1.64 bits per heavy atom. The number of nitrogens with zero attached hydrogens (tertiary/aromatic N) is 1. The van der Waals surface area contributed by atoms with Gasteiger partial charge in [0, 0.05) is 18.7 Å². The molecule has 3 rings (SSSR count). The van der Waals surface area contributed by atoms with Gasteiger partial charge in [-0.3, -0.25) is 9.69 Å². The highest BCUT2D eigenvalue weighted by Crippen LogP contribution is 2.14. The molecule has 0 atom stereocenters. The lowest BCUT2D eigenvalue weighted by Crippen LogP contribution is -2.29. The molecule has 0 spiro atoms.